The van der Waals surface area contributed by atoms with Crippen molar-refractivity contribution < 1.29 is 13.9 Å². The first-order valence-corrected chi connectivity index (χ1v) is 3.70. The molecule has 0 aliphatic heterocycles. The topological polar surface area (TPSA) is 18.5 Å². The van der Waals surface area contributed by atoms with Crippen LogP contribution in [0.25, 0.3) is 0 Å². The fraction of sp³-hybridized carbons (Fsp3) is 0.333. The number of hydrogen-bond donors (Lipinski definition) is 0. The summed E-state index contributed by atoms with van der Waals surface area (Å²) in [7, 11) is 1.61. The third-order valence-corrected chi connectivity index (χ3v) is 1.37. The molecule has 1 aromatic rings. The highest BCUT2D eigenvalue weighted by atomic mass is 19.1. The quantitative estimate of drug-likeness (QED) is 0.642. The standard InChI is InChI=1S/C9H11FO2/c1-11-6-7-12-9-4-2-8(10)3-5-9/h2-5H,6-7H2,1H3. The van der Waals surface area contributed by atoms with E-state index in [0.717, 1.165) is 0 Å². The fourth-order valence-corrected chi connectivity index (χ4v) is 0.774. The lowest BCUT2D eigenvalue weighted by Gasteiger charge is -2.03. The highest BCUT2D eigenvalue weighted by Gasteiger charge is 1.92. The number of halogens is 1. The molecule has 3 heteroatoms. The molecule has 0 amide bonds. The number of benzene rings is 1. The Labute approximate surface area is 70.9 Å². The largest absolute Gasteiger partial charge is 0.491 e. The molecule has 2 nitrogen and oxygen atoms in total. The molecule has 0 N–H and O–H groups in total. The molecule has 0 bridgehead atoms. The first-order chi connectivity index (χ1) is 5.83. The SMILES string of the molecule is COCCOc1ccc(F)cc1. The van der Waals surface area contributed by atoms with Crippen molar-refractivity contribution in [3.8, 4) is 5.75 Å². The Balaban J connectivity index is 2.37. The molecule has 0 atom stereocenters. The van der Waals surface area contributed by atoms with Crippen molar-refractivity contribution in [1.29, 1.82) is 0 Å². The van der Waals surface area contributed by atoms with Crippen LogP contribution in [0.4, 0.5) is 4.39 Å². The van der Waals surface area contributed by atoms with E-state index in [0.29, 0.717) is 19.0 Å². The summed E-state index contributed by atoms with van der Waals surface area (Å²) in [6.07, 6.45) is 0. The Morgan fingerprint density at radius 2 is 1.83 bits per heavy atom. The lowest BCUT2D eigenvalue weighted by atomic mass is 10.3. The molecule has 0 radical (unpaired) electrons. The molecular weight excluding hydrogens is 159 g/mol. The summed E-state index contributed by atoms with van der Waals surface area (Å²) in [6, 6.07) is 5.90. The van der Waals surface area contributed by atoms with E-state index in [1.165, 1.54) is 12.1 Å². The van der Waals surface area contributed by atoms with Crippen molar-refractivity contribution in [3.63, 3.8) is 0 Å². The van der Waals surface area contributed by atoms with Gasteiger partial charge in [0.05, 0.1) is 6.61 Å². The number of rotatable bonds is 4. The number of ether oxygens (including phenoxy) is 2. The summed E-state index contributed by atoms with van der Waals surface area (Å²) in [5, 5.41) is 0. The van der Waals surface area contributed by atoms with Gasteiger partial charge in [-0.3, -0.25) is 0 Å². The molecule has 66 valence electrons. The van der Waals surface area contributed by atoms with Crippen molar-refractivity contribution in [1.82, 2.24) is 0 Å². The van der Waals surface area contributed by atoms with E-state index < -0.39 is 0 Å². The Morgan fingerprint density at radius 1 is 1.17 bits per heavy atom. The second kappa shape index (κ2) is 4.72. The highest BCUT2D eigenvalue weighted by Crippen LogP contribution is 2.10. The van der Waals surface area contributed by atoms with Crippen LogP contribution in [0.15, 0.2) is 24.3 Å². The molecule has 12 heavy (non-hydrogen) atoms. The van der Waals surface area contributed by atoms with E-state index in [1.807, 2.05) is 0 Å². The van der Waals surface area contributed by atoms with Crippen molar-refractivity contribution in [2.75, 3.05) is 20.3 Å². The van der Waals surface area contributed by atoms with Gasteiger partial charge in [-0.1, -0.05) is 0 Å². The van der Waals surface area contributed by atoms with Gasteiger partial charge in [-0.15, -0.1) is 0 Å². The third kappa shape index (κ3) is 2.88. The summed E-state index contributed by atoms with van der Waals surface area (Å²) in [6.45, 7) is 1.03. The summed E-state index contributed by atoms with van der Waals surface area (Å²) in [5.41, 5.74) is 0. The second-order valence-corrected chi connectivity index (χ2v) is 2.30. The zero-order chi connectivity index (χ0) is 8.81. The summed E-state index contributed by atoms with van der Waals surface area (Å²) < 4.78 is 22.4. The average molecular weight is 170 g/mol. The van der Waals surface area contributed by atoms with Crippen LogP contribution >= 0.6 is 0 Å². The minimum absolute atomic E-state index is 0.255. The maximum Gasteiger partial charge on any atom is 0.123 e. The van der Waals surface area contributed by atoms with Crippen LogP contribution in [0.3, 0.4) is 0 Å². The first kappa shape index (κ1) is 9.00. The minimum atomic E-state index is -0.255. The predicted octanol–water partition coefficient (Wildman–Crippen LogP) is 1.85. The van der Waals surface area contributed by atoms with Crippen LogP contribution in [0.5, 0.6) is 5.75 Å². The molecule has 0 fully saturated rings. The third-order valence-electron chi connectivity index (χ3n) is 1.37. The van der Waals surface area contributed by atoms with Gasteiger partial charge in [-0.25, -0.2) is 4.39 Å². The molecule has 1 aromatic carbocycles. The molecule has 0 aliphatic rings. The Kier molecular flexibility index (Phi) is 3.54. The molecule has 0 saturated carbocycles. The van der Waals surface area contributed by atoms with Gasteiger partial charge in [0.1, 0.15) is 18.2 Å². The van der Waals surface area contributed by atoms with E-state index in [4.69, 9.17) is 9.47 Å². The second-order valence-electron chi connectivity index (χ2n) is 2.30. The smallest absolute Gasteiger partial charge is 0.123 e. The number of hydrogen-bond acceptors (Lipinski definition) is 2. The lowest BCUT2D eigenvalue weighted by Crippen LogP contribution is -2.03. The minimum Gasteiger partial charge on any atom is -0.491 e. The maximum atomic E-state index is 12.4. The van der Waals surface area contributed by atoms with Crippen molar-refractivity contribution in [2.24, 2.45) is 0 Å². The van der Waals surface area contributed by atoms with Crippen molar-refractivity contribution >= 4 is 0 Å². The Morgan fingerprint density at radius 3 is 2.42 bits per heavy atom. The molecule has 0 spiro atoms. The normalized spacial score (nSPS) is 9.83. The summed E-state index contributed by atoms with van der Waals surface area (Å²) in [4.78, 5) is 0. The lowest BCUT2D eigenvalue weighted by molar-refractivity contribution is 0.146. The summed E-state index contributed by atoms with van der Waals surface area (Å²) >= 11 is 0. The van der Waals surface area contributed by atoms with E-state index >= 15 is 0 Å². The Hall–Kier alpha value is -1.09. The van der Waals surface area contributed by atoms with E-state index in [-0.39, 0.29) is 5.82 Å². The Bertz CT molecular complexity index is 220. The zero-order valence-corrected chi connectivity index (χ0v) is 6.92. The molecule has 0 unspecified atom stereocenters. The highest BCUT2D eigenvalue weighted by molar-refractivity contribution is 5.21. The van der Waals surface area contributed by atoms with Gasteiger partial charge in [-0.2, -0.15) is 0 Å². The van der Waals surface area contributed by atoms with Crippen LogP contribution in [0, 0.1) is 5.82 Å². The van der Waals surface area contributed by atoms with Gasteiger partial charge >= 0.3 is 0 Å². The van der Waals surface area contributed by atoms with Gasteiger partial charge in [-0.05, 0) is 24.3 Å². The van der Waals surface area contributed by atoms with Gasteiger partial charge in [0.15, 0.2) is 0 Å². The van der Waals surface area contributed by atoms with Crippen LogP contribution < -0.4 is 4.74 Å². The van der Waals surface area contributed by atoms with Gasteiger partial charge in [0.25, 0.3) is 0 Å². The maximum absolute atomic E-state index is 12.4. The molecule has 1 rings (SSSR count). The van der Waals surface area contributed by atoms with Crippen molar-refractivity contribution in [3.05, 3.63) is 30.1 Å². The van der Waals surface area contributed by atoms with Crippen LogP contribution in [0.2, 0.25) is 0 Å². The molecule has 0 saturated heterocycles. The molecule has 0 aromatic heterocycles. The van der Waals surface area contributed by atoms with Gasteiger partial charge in [0.2, 0.25) is 0 Å². The molecular formula is C9H11FO2. The number of methoxy groups -OCH3 is 1. The monoisotopic (exact) mass is 170 g/mol. The van der Waals surface area contributed by atoms with Crippen LogP contribution in [-0.2, 0) is 4.74 Å². The van der Waals surface area contributed by atoms with E-state index in [2.05, 4.69) is 0 Å². The fourth-order valence-electron chi connectivity index (χ4n) is 0.774. The van der Waals surface area contributed by atoms with Crippen LogP contribution in [0.1, 0.15) is 0 Å². The van der Waals surface area contributed by atoms with Crippen LogP contribution in [-0.4, -0.2) is 20.3 Å². The zero-order valence-electron chi connectivity index (χ0n) is 6.92. The van der Waals surface area contributed by atoms with Crippen molar-refractivity contribution in [2.45, 2.75) is 0 Å². The summed E-state index contributed by atoms with van der Waals surface area (Å²) in [5.74, 6) is 0.405. The predicted molar refractivity (Wildman–Crippen MR) is 43.8 cm³/mol. The van der Waals surface area contributed by atoms with E-state index in [9.17, 15) is 4.39 Å². The van der Waals surface area contributed by atoms with E-state index in [1.54, 1.807) is 19.2 Å². The van der Waals surface area contributed by atoms with Gasteiger partial charge < -0.3 is 9.47 Å². The molecule has 0 heterocycles. The first-order valence-electron chi connectivity index (χ1n) is 3.70. The molecule has 0 aliphatic carbocycles. The average Bonchev–Trinajstić information content (AvgIpc) is 2.09. The van der Waals surface area contributed by atoms with Gasteiger partial charge in [0, 0.05) is 7.11 Å².